The van der Waals surface area contributed by atoms with E-state index < -0.39 is 0 Å². The van der Waals surface area contributed by atoms with Crippen molar-refractivity contribution in [3.63, 3.8) is 0 Å². The Hall–Kier alpha value is -0.120. The topological polar surface area (TPSA) is 32.5 Å². The molecule has 2 aliphatic heterocycles. The number of nitrogens with two attached hydrogens (primary N) is 1. The van der Waals surface area contributed by atoms with Crippen LogP contribution in [0.1, 0.15) is 45.4 Å². The molecule has 3 rings (SSSR count). The Bertz CT molecular complexity index is 277. The molecular weight excluding hydrogens is 222 g/mol. The van der Waals surface area contributed by atoms with E-state index in [9.17, 15) is 0 Å². The summed E-state index contributed by atoms with van der Waals surface area (Å²) < 4.78 is 0. The van der Waals surface area contributed by atoms with Gasteiger partial charge in [-0.2, -0.15) is 0 Å². The zero-order valence-corrected chi connectivity index (χ0v) is 11.9. The summed E-state index contributed by atoms with van der Waals surface area (Å²) in [5.41, 5.74) is 6.24. The molecule has 3 heteroatoms. The van der Waals surface area contributed by atoms with Gasteiger partial charge in [0.2, 0.25) is 0 Å². The number of rotatable bonds is 4. The predicted molar refractivity (Wildman–Crippen MR) is 75.6 cm³/mol. The summed E-state index contributed by atoms with van der Waals surface area (Å²) in [5, 5.41) is 0. The average Bonchev–Trinajstić information content (AvgIpc) is 3.20. The molecule has 2 saturated heterocycles. The van der Waals surface area contributed by atoms with Gasteiger partial charge in [-0.1, -0.05) is 6.42 Å². The van der Waals surface area contributed by atoms with Gasteiger partial charge in [0.05, 0.1) is 0 Å². The van der Waals surface area contributed by atoms with Crippen LogP contribution in [-0.4, -0.2) is 54.1 Å². The van der Waals surface area contributed by atoms with Crippen molar-refractivity contribution in [1.29, 1.82) is 0 Å². The van der Waals surface area contributed by atoms with E-state index in [2.05, 4.69) is 16.7 Å². The highest BCUT2D eigenvalue weighted by molar-refractivity contribution is 4.90. The fourth-order valence-corrected chi connectivity index (χ4v) is 3.80. The molecule has 3 fully saturated rings. The van der Waals surface area contributed by atoms with Crippen LogP contribution in [0.3, 0.4) is 0 Å². The number of hydrogen-bond donors (Lipinski definition) is 1. The lowest BCUT2D eigenvalue weighted by Gasteiger charge is -2.47. The molecular formula is C15H29N3. The Morgan fingerprint density at radius 1 is 1.17 bits per heavy atom. The molecule has 3 aliphatic rings. The van der Waals surface area contributed by atoms with Gasteiger partial charge in [-0.25, -0.2) is 0 Å². The van der Waals surface area contributed by atoms with Crippen molar-refractivity contribution < 1.29 is 0 Å². The highest BCUT2D eigenvalue weighted by atomic mass is 15.3. The zero-order valence-electron chi connectivity index (χ0n) is 11.9. The van der Waals surface area contributed by atoms with Gasteiger partial charge < -0.3 is 5.73 Å². The van der Waals surface area contributed by atoms with E-state index in [1.807, 2.05) is 0 Å². The summed E-state index contributed by atoms with van der Waals surface area (Å²) in [5.74, 6) is 0.858. The maximum absolute atomic E-state index is 6.24. The molecule has 104 valence electrons. The van der Waals surface area contributed by atoms with Crippen LogP contribution in [0.2, 0.25) is 0 Å². The largest absolute Gasteiger partial charge is 0.327 e. The number of fused-ring (bicyclic) bond motifs is 1. The van der Waals surface area contributed by atoms with Crippen LogP contribution < -0.4 is 5.73 Å². The van der Waals surface area contributed by atoms with Crippen LogP contribution in [0, 0.1) is 5.92 Å². The van der Waals surface area contributed by atoms with Gasteiger partial charge in [-0.05, 0) is 51.5 Å². The minimum absolute atomic E-state index is 0.474. The summed E-state index contributed by atoms with van der Waals surface area (Å²) in [6.45, 7) is 7.53. The van der Waals surface area contributed by atoms with Crippen LogP contribution in [0.5, 0.6) is 0 Å². The van der Waals surface area contributed by atoms with Crippen LogP contribution in [0.25, 0.3) is 0 Å². The van der Waals surface area contributed by atoms with E-state index in [1.54, 1.807) is 0 Å². The van der Waals surface area contributed by atoms with Crippen LogP contribution in [0.4, 0.5) is 0 Å². The fraction of sp³-hybridized carbons (Fsp3) is 1.00. The van der Waals surface area contributed by atoms with Gasteiger partial charge >= 0.3 is 0 Å². The molecule has 3 atom stereocenters. The lowest BCUT2D eigenvalue weighted by molar-refractivity contribution is 0.0139. The monoisotopic (exact) mass is 251 g/mol. The van der Waals surface area contributed by atoms with Crippen molar-refractivity contribution in [2.75, 3.05) is 26.2 Å². The van der Waals surface area contributed by atoms with E-state index in [0.717, 1.165) is 18.0 Å². The van der Waals surface area contributed by atoms with E-state index >= 15 is 0 Å². The van der Waals surface area contributed by atoms with E-state index in [1.165, 1.54) is 64.7 Å². The van der Waals surface area contributed by atoms with Crippen LogP contribution in [0.15, 0.2) is 0 Å². The number of piperazine rings is 1. The average molecular weight is 251 g/mol. The number of piperidine rings is 1. The molecule has 0 aromatic rings. The van der Waals surface area contributed by atoms with Gasteiger partial charge in [0.15, 0.2) is 0 Å². The zero-order chi connectivity index (χ0) is 12.5. The molecule has 2 heterocycles. The minimum atomic E-state index is 0.474. The van der Waals surface area contributed by atoms with Crippen molar-refractivity contribution in [2.24, 2.45) is 11.7 Å². The quantitative estimate of drug-likeness (QED) is 0.825. The fourth-order valence-electron chi connectivity index (χ4n) is 3.80. The van der Waals surface area contributed by atoms with Crippen LogP contribution >= 0.6 is 0 Å². The second-order valence-corrected chi connectivity index (χ2v) is 6.78. The first kappa shape index (κ1) is 12.9. The van der Waals surface area contributed by atoms with E-state index in [0.29, 0.717) is 6.04 Å². The molecule has 1 saturated carbocycles. The standard InChI is InChI=1S/C15H29N3/c1-12-10-18-8-3-2-4-14(18)11-17(12)9-7-15(16)13-5-6-13/h12-15H,2-11,16H2,1H3. The molecule has 0 spiro atoms. The Kier molecular flexibility index (Phi) is 3.92. The van der Waals surface area contributed by atoms with Gasteiger partial charge in [0.25, 0.3) is 0 Å². The first-order valence-electron chi connectivity index (χ1n) is 7.97. The highest BCUT2D eigenvalue weighted by Gasteiger charge is 2.34. The molecule has 18 heavy (non-hydrogen) atoms. The van der Waals surface area contributed by atoms with Crippen LogP contribution in [-0.2, 0) is 0 Å². The van der Waals surface area contributed by atoms with Crippen molar-refractivity contribution in [3.8, 4) is 0 Å². The maximum Gasteiger partial charge on any atom is 0.0223 e. The van der Waals surface area contributed by atoms with Gasteiger partial charge in [0, 0.05) is 37.8 Å². The lowest BCUT2D eigenvalue weighted by atomic mass is 9.96. The molecule has 1 aliphatic carbocycles. The highest BCUT2D eigenvalue weighted by Crippen LogP contribution is 2.33. The smallest absolute Gasteiger partial charge is 0.0223 e. The summed E-state index contributed by atoms with van der Waals surface area (Å²) in [6, 6.07) is 2.04. The summed E-state index contributed by atoms with van der Waals surface area (Å²) >= 11 is 0. The predicted octanol–water partition coefficient (Wildman–Crippen LogP) is 1.67. The second-order valence-electron chi connectivity index (χ2n) is 6.78. The third-order valence-electron chi connectivity index (χ3n) is 5.29. The molecule has 0 aromatic heterocycles. The Balaban J connectivity index is 1.48. The van der Waals surface area contributed by atoms with Gasteiger partial charge in [-0.3, -0.25) is 9.80 Å². The summed E-state index contributed by atoms with van der Waals surface area (Å²) in [6.07, 6.45) is 8.24. The number of nitrogens with zero attached hydrogens (tertiary/aromatic N) is 2. The normalized spacial score (nSPS) is 36.3. The third kappa shape index (κ3) is 2.89. The Morgan fingerprint density at radius 3 is 2.78 bits per heavy atom. The van der Waals surface area contributed by atoms with Crippen molar-refractivity contribution >= 4 is 0 Å². The number of hydrogen-bond acceptors (Lipinski definition) is 3. The van der Waals surface area contributed by atoms with Gasteiger partial charge in [0.1, 0.15) is 0 Å². The molecule has 0 bridgehead atoms. The lowest BCUT2D eigenvalue weighted by Crippen LogP contribution is -2.59. The van der Waals surface area contributed by atoms with Gasteiger partial charge in [-0.15, -0.1) is 0 Å². The molecule has 0 radical (unpaired) electrons. The van der Waals surface area contributed by atoms with Crippen molar-refractivity contribution in [1.82, 2.24) is 9.80 Å². The SMILES string of the molecule is CC1CN2CCCCC2CN1CCC(N)C1CC1. The molecule has 0 amide bonds. The molecule has 2 N–H and O–H groups in total. The second kappa shape index (κ2) is 5.48. The Labute approximate surface area is 112 Å². The van der Waals surface area contributed by atoms with Crippen molar-refractivity contribution in [2.45, 2.75) is 63.6 Å². The maximum atomic E-state index is 6.24. The summed E-state index contributed by atoms with van der Waals surface area (Å²) in [7, 11) is 0. The molecule has 3 unspecified atom stereocenters. The van der Waals surface area contributed by atoms with Crippen molar-refractivity contribution in [3.05, 3.63) is 0 Å². The van der Waals surface area contributed by atoms with E-state index in [4.69, 9.17) is 5.73 Å². The minimum Gasteiger partial charge on any atom is -0.327 e. The van der Waals surface area contributed by atoms with E-state index in [-0.39, 0.29) is 0 Å². The Morgan fingerprint density at radius 2 is 2.00 bits per heavy atom. The molecule has 0 aromatic carbocycles. The first-order valence-corrected chi connectivity index (χ1v) is 7.97. The third-order valence-corrected chi connectivity index (χ3v) is 5.29. The first-order chi connectivity index (χ1) is 8.74. The molecule has 3 nitrogen and oxygen atoms in total. The summed E-state index contributed by atoms with van der Waals surface area (Å²) in [4.78, 5) is 5.43.